The van der Waals surface area contributed by atoms with Crippen molar-refractivity contribution < 1.29 is 4.74 Å². The molecule has 1 atom stereocenters. The second-order valence-corrected chi connectivity index (χ2v) is 7.63. The number of nitrogens with one attached hydrogen (secondary N) is 1. The highest BCUT2D eigenvalue weighted by molar-refractivity contribution is 5.31. The molecule has 0 heterocycles. The fraction of sp³-hybridized carbons (Fsp3) is 0.667. The molecular formula is C18H27NO. The Balaban J connectivity index is 1.77. The quantitative estimate of drug-likeness (QED) is 0.869. The molecule has 1 aromatic carbocycles. The molecule has 0 saturated heterocycles. The van der Waals surface area contributed by atoms with Gasteiger partial charge in [0.2, 0.25) is 0 Å². The zero-order chi connectivity index (χ0) is 14.5. The minimum absolute atomic E-state index is 0.395. The minimum Gasteiger partial charge on any atom is -0.497 e. The number of hydrogen-bond donors (Lipinski definition) is 1. The molecule has 1 N–H and O–H groups in total. The van der Waals surface area contributed by atoms with Gasteiger partial charge in [-0.05, 0) is 47.3 Å². The van der Waals surface area contributed by atoms with Crippen LogP contribution in [-0.4, -0.2) is 13.2 Å². The van der Waals surface area contributed by atoms with Gasteiger partial charge in [0.05, 0.1) is 7.11 Å². The number of hydrogen-bond acceptors (Lipinski definition) is 2. The summed E-state index contributed by atoms with van der Waals surface area (Å²) in [6.07, 6.45) is 2.72. The summed E-state index contributed by atoms with van der Waals surface area (Å²) < 4.78 is 5.26. The van der Waals surface area contributed by atoms with E-state index < -0.39 is 0 Å². The van der Waals surface area contributed by atoms with Crippen molar-refractivity contribution in [3.63, 3.8) is 0 Å². The SMILES string of the molecule is COc1ccc(C(NC2C(C)(C)C2(C)C)C2CC2)cc1. The molecule has 0 spiro atoms. The Labute approximate surface area is 122 Å². The van der Waals surface area contributed by atoms with Crippen LogP contribution in [0.25, 0.3) is 0 Å². The van der Waals surface area contributed by atoms with E-state index in [2.05, 4.69) is 57.3 Å². The van der Waals surface area contributed by atoms with E-state index in [-0.39, 0.29) is 0 Å². The summed E-state index contributed by atoms with van der Waals surface area (Å²) >= 11 is 0. The van der Waals surface area contributed by atoms with Crippen molar-refractivity contribution in [2.45, 2.75) is 52.6 Å². The summed E-state index contributed by atoms with van der Waals surface area (Å²) in [5.41, 5.74) is 2.20. The van der Waals surface area contributed by atoms with Gasteiger partial charge in [-0.3, -0.25) is 0 Å². The molecule has 0 amide bonds. The van der Waals surface area contributed by atoms with Crippen molar-refractivity contribution in [2.24, 2.45) is 16.7 Å². The molecule has 2 nitrogen and oxygen atoms in total. The van der Waals surface area contributed by atoms with Gasteiger partial charge in [-0.2, -0.15) is 0 Å². The molecule has 2 fully saturated rings. The lowest BCUT2D eigenvalue weighted by Gasteiger charge is -2.21. The Bertz CT molecular complexity index is 471. The molecule has 0 radical (unpaired) electrons. The van der Waals surface area contributed by atoms with E-state index in [0.29, 0.717) is 22.9 Å². The highest BCUT2D eigenvalue weighted by atomic mass is 16.5. The average Bonchev–Trinajstić information content (AvgIpc) is 3.29. The van der Waals surface area contributed by atoms with Crippen LogP contribution in [0.3, 0.4) is 0 Å². The number of ether oxygens (including phenoxy) is 1. The molecule has 2 aliphatic carbocycles. The highest BCUT2D eigenvalue weighted by Gasteiger charge is 2.65. The van der Waals surface area contributed by atoms with Crippen LogP contribution in [0.2, 0.25) is 0 Å². The van der Waals surface area contributed by atoms with Gasteiger partial charge in [-0.1, -0.05) is 39.8 Å². The molecule has 0 bridgehead atoms. The summed E-state index contributed by atoms with van der Waals surface area (Å²) in [4.78, 5) is 0. The van der Waals surface area contributed by atoms with Crippen molar-refractivity contribution in [2.75, 3.05) is 7.11 Å². The summed E-state index contributed by atoms with van der Waals surface area (Å²) in [5, 5.41) is 3.95. The first-order valence-electron chi connectivity index (χ1n) is 7.78. The van der Waals surface area contributed by atoms with E-state index in [1.165, 1.54) is 18.4 Å². The van der Waals surface area contributed by atoms with Crippen molar-refractivity contribution in [3.8, 4) is 5.75 Å². The molecule has 110 valence electrons. The van der Waals surface area contributed by atoms with Crippen LogP contribution in [0.4, 0.5) is 0 Å². The lowest BCUT2D eigenvalue weighted by atomic mass is 10.0. The molecule has 2 saturated carbocycles. The van der Waals surface area contributed by atoms with E-state index in [4.69, 9.17) is 4.74 Å². The normalized spacial score (nSPS) is 25.2. The molecule has 2 aliphatic rings. The van der Waals surface area contributed by atoms with Gasteiger partial charge in [0.15, 0.2) is 0 Å². The van der Waals surface area contributed by atoms with Gasteiger partial charge in [-0.25, -0.2) is 0 Å². The highest BCUT2D eigenvalue weighted by Crippen LogP contribution is 2.63. The third kappa shape index (κ3) is 2.14. The minimum atomic E-state index is 0.395. The van der Waals surface area contributed by atoms with Crippen LogP contribution in [-0.2, 0) is 0 Å². The maximum Gasteiger partial charge on any atom is 0.118 e. The van der Waals surface area contributed by atoms with Crippen molar-refractivity contribution >= 4 is 0 Å². The third-order valence-corrected chi connectivity index (χ3v) is 5.94. The van der Waals surface area contributed by atoms with Gasteiger partial charge < -0.3 is 10.1 Å². The summed E-state index contributed by atoms with van der Waals surface area (Å²) in [7, 11) is 1.72. The fourth-order valence-corrected chi connectivity index (χ4v) is 3.54. The number of methoxy groups -OCH3 is 1. The lowest BCUT2D eigenvalue weighted by Crippen LogP contribution is -2.29. The molecule has 1 unspecified atom stereocenters. The van der Waals surface area contributed by atoms with Gasteiger partial charge in [0.1, 0.15) is 5.75 Å². The Morgan fingerprint density at radius 1 is 1.05 bits per heavy atom. The van der Waals surface area contributed by atoms with Crippen LogP contribution >= 0.6 is 0 Å². The van der Waals surface area contributed by atoms with Gasteiger partial charge in [0, 0.05) is 12.1 Å². The average molecular weight is 273 g/mol. The monoisotopic (exact) mass is 273 g/mol. The van der Waals surface area contributed by atoms with E-state index in [1.54, 1.807) is 7.11 Å². The Kier molecular flexibility index (Phi) is 3.13. The maximum atomic E-state index is 5.26. The van der Waals surface area contributed by atoms with Crippen molar-refractivity contribution in [1.82, 2.24) is 5.32 Å². The second kappa shape index (κ2) is 4.49. The Hall–Kier alpha value is -1.02. The predicted molar refractivity (Wildman–Crippen MR) is 82.9 cm³/mol. The van der Waals surface area contributed by atoms with Crippen LogP contribution in [0.15, 0.2) is 24.3 Å². The third-order valence-electron chi connectivity index (χ3n) is 5.94. The Morgan fingerprint density at radius 3 is 2.00 bits per heavy atom. The summed E-state index contributed by atoms with van der Waals surface area (Å²) in [5.74, 6) is 1.76. The topological polar surface area (TPSA) is 21.3 Å². The van der Waals surface area contributed by atoms with Crippen LogP contribution in [0.5, 0.6) is 5.75 Å². The zero-order valence-electron chi connectivity index (χ0n) is 13.4. The zero-order valence-corrected chi connectivity index (χ0v) is 13.4. The van der Waals surface area contributed by atoms with Crippen molar-refractivity contribution in [3.05, 3.63) is 29.8 Å². The van der Waals surface area contributed by atoms with Crippen LogP contribution < -0.4 is 10.1 Å². The largest absolute Gasteiger partial charge is 0.497 e. The molecule has 3 rings (SSSR count). The standard InChI is InChI=1S/C18H27NO/c1-17(2)16(18(17,3)4)19-15(12-6-7-12)13-8-10-14(20-5)11-9-13/h8-12,15-16,19H,6-7H2,1-5H3. The number of benzene rings is 1. The van der Waals surface area contributed by atoms with Crippen molar-refractivity contribution in [1.29, 1.82) is 0 Å². The Morgan fingerprint density at radius 2 is 1.60 bits per heavy atom. The predicted octanol–water partition coefficient (Wildman–Crippen LogP) is 4.17. The molecule has 0 aromatic heterocycles. The van der Waals surface area contributed by atoms with E-state index in [1.807, 2.05) is 0 Å². The lowest BCUT2D eigenvalue weighted by molar-refractivity contribution is 0.412. The van der Waals surface area contributed by atoms with E-state index in [0.717, 1.165) is 11.7 Å². The molecule has 1 aromatic rings. The fourth-order valence-electron chi connectivity index (χ4n) is 3.54. The first kappa shape index (κ1) is 13.9. The molecule has 20 heavy (non-hydrogen) atoms. The van der Waals surface area contributed by atoms with Gasteiger partial charge in [0.25, 0.3) is 0 Å². The molecule has 0 aliphatic heterocycles. The smallest absolute Gasteiger partial charge is 0.118 e. The number of rotatable bonds is 5. The molecular weight excluding hydrogens is 246 g/mol. The maximum absolute atomic E-state index is 5.26. The second-order valence-electron chi connectivity index (χ2n) is 7.63. The van der Waals surface area contributed by atoms with Crippen LogP contribution in [0, 0.1) is 16.7 Å². The van der Waals surface area contributed by atoms with E-state index in [9.17, 15) is 0 Å². The van der Waals surface area contributed by atoms with Gasteiger partial charge >= 0.3 is 0 Å². The molecule has 2 heteroatoms. The van der Waals surface area contributed by atoms with Crippen LogP contribution in [0.1, 0.15) is 52.1 Å². The summed E-state index contributed by atoms with van der Waals surface area (Å²) in [6.45, 7) is 9.51. The first-order chi connectivity index (χ1) is 9.38. The van der Waals surface area contributed by atoms with Gasteiger partial charge in [-0.15, -0.1) is 0 Å². The first-order valence-corrected chi connectivity index (χ1v) is 7.78. The van der Waals surface area contributed by atoms with E-state index >= 15 is 0 Å². The summed E-state index contributed by atoms with van der Waals surface area (Å²) in [6, 6.07) is 9.72.